The Balaban J connectivity index is 1.21. The lowest BCUT2D eigenvalue weighted by molar-refractivity contribution is -0.130. The zero-order valence-corrected chi connectivity index (χ0v) is 17.8. The Morgan fingerprint density at radius 2 is 1.71 bits per heavy atom. The molecule has 1 fully saturated rings. The highest BCUT2D eigenvalue weighted by molar-refractivity contribution is 5.89. The van der Waals surface area contributed by atoms with E-state index in [9.17, 15) is 4.79 Å². The molecule has 1 aliphatic heterocycles. The average molecular weight is 416 g/mol. The first-order chi connectivity index (χ1) is 15.1. The summed E-state index contributed by atoms with van der Waals surface area (Å²) < 4.78 is 3.80. The highest BCUT2D eigenvalue weighted by Crippen LogP contribution is 2.22. The van der Waals surface area contributed by atoms with Gasteiger partial charge in [0.1, 0.15) is 0 Å². The van der Waals surface area contributed by atoms with Crippen LogP contribution in [0.1, 0.15) is 11.3 Å². The number of nitrogens with zero attached hydrogens (tertiary/aromatic N) is 7. The zero-order valence-electron chi connectivity index (χ0n) is 17.8. The summed E-state index contributed by atoms with van der Waals surface area (Å²) >= 11 is 0. The molecular weight excluding hydrogens is 390 g/mol. The zero-order chi connectivity index (χ0) is 21.4. The third-order valence-electron chi connectivity index (χ3n) is 5.87. The summed E-state index contributed by atoms with van der Waals surface area (Å²) in [5.74, 6) is 1.70. The van der Waals surface area contributed by atoms with Crippen LogP contribution in [0, 0.1) is 6.92 Å². The lowest BCUT2D eigenvalue weighted by Crippen LogP contribution is -2.49. The van der Waals surface area contributed by atoms with Crippen molar-refractivity contribution in [3.63, 3.8) is 0 Å². The Bertz CT molecular complexity index is 1220. The Kier molecular flexibility index (Phi) is 4.89. The average Bonchev–Trinajstić information content (AvgIpc) is 3.37. The van der Waals surface area contributed by atoms with Gasteiger partial charge in [-0.05, 0) is 36.8 Å². The number of fused-ring (bicyclic) bond motifs is 1. The molecule has 1 aliphatic rings. The SMILES string of the molecule is Cc1ccn(-c2ccc(N3CCN(C(=O)Cc4cn(C)c5ccccc45)CC3)nn2)n1. The number of carbonyl (C=O) groups is 1. The number of carbonyl (C=O) groups excluding carboxylic acids is 1. The van der Waals surface area contributed by atoms with Crippen LogP contribution in [-0.2, 0) is 18.3 Å². The van der Waals surface area contributed by atoms with E-state index in [1.54, 1.807) is 4.68 Å². The van der Waals surface area contributed by atoms with Crippen molar-refractivity contribution in [1.82, 2.24) is 29.4 Å². The molecule has 0 spiro atoms. The monoisotopic (exact) mass is 415 g/mol. The lowest BCUT2D eigenvalue weighted by Gasteiger charge is -2.35. The molecule has 3 aromatic heterocycles. The summed E-state index contributed by atoms with van der Waals surface area (Å²) in [4.78, 5) is 17.1. The van der Waals surface area contributed by atoms with E-state index in [4.69, 9.17) is 0 Å². The maximum atomic E-state index is 12.9. The van der Waals surface area contributed by atoms with E-state index < -0.39 is 0 Å². The number of hydrogen-bond donors (Lipinski definition) is 0. The first kappa shape index (κ1) is 19.3. The van der Waals surface area contributed by atoms with Crippen LogP contribution < -0.4 is 4.90 Å². The van der Waals surface area contributed by atoms with E-state index in [1.807, 2.05) is 55.4 Å². The van der Waals surface area contributed by atoms with Crippen molar-refractivity contribution in [2.24, 2.45) is 7.05 Å². The lowest BCUT2D eigenvalue weighted by atomic mass is 10.1. The van der Waals surface area contributed by atoms with Crippen LogP contribution in [-0.4, -0.2) is 61.5 Å². The molecule has 8 nitrogen and oxygen atoms in total. The predicted octanol–water partition coefficient (Wildman–Crippen LogP) is 2.35. The van der Waals surface area contributed by atoms with Crippen LogP contribution in [0.2, 0.25) is 0 Å². The Morgan fingerprint density at radius 1 is 0.968 bits per heavy atom. The van der Waals surface area contributed by atoms with Gasteiger partial charge in [0.15, 0.2) is 11.6 Å². The number of rotatable bonds is 4. The molecule has 0 atom stereocenters. The summed E-state index contributed by atoms with van der Waals surface area (Å²) in [6.07, 6.45) is 4.37. The quantitative estimate of drug-likeness (QED) is 0.512. The molecule has 0 N–H and O–H groups in total. The van der Waals surface area contributed by atoms with E-state index in [2.05, 4.69) is 43.1 Å². The van der Waals surface area contributed by atoms with Gasteiger partial charge in [-0.2, -0.15) is 5.10 Å². The normalized spacial score (nSPS) is 14.4. The molecule has 4 heterocycles. The molecule has 31 heavy (non-hydrogen) atoms. The number of aromatic nitrogens is 5. The molecule has 4 aromatic rings. The number of para-hydroxylation sites is 1. The summed E-state index contributed by atoms with van der Waals surface area (Å²) in [5, 5.41) is 14.2. The Hall–Kier alpha value is -3.68. The van der Waals surface area contributed by atoms with Crippen LogP contribution in [0.15, 0.2) is 54.9 Å². The fourth-order valence-corrected chi connectivity index (χ4v) is 4.18. The van der Waals surface area contributed by atoms with Crippen LogP contribution in [0.5, 0.6) is 0 Å². The second-order valence-electron chi connectivity index (χ2n) is 7.98. The maximum Gasteiger partial charge on any atom is 0.227 e. The van der Waals surface area contributed by atoms with Crippen molar-refractivity contribution in [3.05, 3.63) is 66.1 Å². The molecule has 0 radical (unpaired) electrons. The molecule has 0 aliphatic carbocycles. The van der Waals surface area contributed by atoms with Crippen molar-refractivity contribution in [3.8, 4) is 5.82 Å². The topological polar surface area (TPSA) is 72.1 Å². The second kappa shape index (κ2) is 7.86. The van der Waals surface area contributed by atoms with Crippen molar-refractivity contribution >= 4 is 22.6 Å². The van der Waals surface area contributed by atoms with Gasteiger partial charge in [-0.25, -0.2) is 4.68 Å². The number of benzene rings is 1. The van der Waals surface area contributed by atoms with Crippen LogP contribution >= 0.6 is 0 Å². The van der Waals surface area contributed by atoms with Gasteiger partial charge in [0.05, 0.1) is 12.1 Å². The molecule has 1 saturated heterocycles. The first-order valence-electron chi connectivity index (χ1n) is 10.5. The van der Waals surface area contributed by atoms with Gasteiger partial charge in [0.25, 0.3) is 0 Å². The Morgan fingerprint density at radius 3 is 2.42 bits per heavy atom. The molecule has 0 bridgehead atoms. The summed E-state index contributed by atoms with van der Waals surface area (Å²) in [6.45, 7) is 4.81. The number of hydrogen-bond acceptors (Lipinski definition) is 5. The summed E-state index contributed by atoms with van der Waals surface area (Å²) in [6, 6.07) is 14.0. The number of anilines is 1. The van der Waals surface area contributed by atoms with Gasteiger partial charge >= 0.3 is 0 Å². The molecule has 158 valence electrons. The molecule has 0 saturated carbocycles. The standard InChI is InChI=1S/C23H25N7O/c1-17-9-10-30(26-17)22-8-7-21(24-25-22)28-11-13-29(14-12-28)23(31)15-18-16-27(2)20-6-4-3-5-19(18)20/h3-10,16H,11-15H2,1-2H3. The van der Waals surface area contributed by atoms with Crippen molar-refractivity contribution < 1.29 is 4.79 Å². The van der Waals surface area contributed by atoms with E-state index in [0.717, 1.165) is 41.1 Å². The van der Waals surface area contributed by atoms with Crippen LogP contribution in [0.25, 0.3) is 16.7 Å². The van der Waals surface area contributed by atoms with Crippen molar-refractivity contribution in [1.29, 1.82) is 0 Å². The number of aryl methyl sites for hydroxylation is 2. The number of piperazine rings is 1. The van der Waals surface area contributed by atoms with E-state index in [-0.39, 0.29) is 5.91 Å². The second-order valence-corrected chi connectivity index (χ2v) is 7.98. The third-order valence-corrected chi connectivity index (χ3v) is 5.87. The van der Waals surface area contributed by atoms with Crippen LogP contribution in [0.3, 0.4) is 0 Å². The minimum Gasteiger partial charge on any atom is -0.352 e. The molecule has 8 heteroatoms. The van der Waals surface area contributed by atoms with Crippen molar-refractivity contribution in [2.75, 3.05) is 31.1 Å². The van der Waals surface area contributed by atoms with Crippen molar-refractivity contribution in [2.45, 2.75) is 13.3 Å². The maximum absolute atomic E-state index is 12.9. The first-order valence-corrected chi connectivity index (χ1v) is 10.5. The summed E-state index contributed by atoms with van der Waals surface area (Å²) in [7, 11) is 2.02. The minimum absolute atomic E-state index is 0.173. The van der Waals surface area contributed by atoms with Gasteiger partial charge < -0.3 is 14.4 Å². The van der Waals surface area contributed by atoms with E-state index in [0.29, 0.717) is 25.3 Å². The highest BCUT2D eigenvalue weighted by atomic mass is 16.2. The van der Waals surface area contributed by atoms with E-state index >= 15 is 0 Å². The molecular formula is C23H25N7O. The highest BCUT2D eigenvalue weighted by Gasteiger charge is 2.23. The van der Waals surface area contributed by atoms with Crippen LogP contribution in [0.4, 0.5) is 5.82 Å². The minimum atomic E-state index is 0.173. The fourth-order valence-electron chi connectivity index (χ4n) is 4.18. The fraction of sp³-hybridized carbons (Fsp3) is 0.304. The third kappa shape index (κ3) is 3.76. The largest absolute Gasteiger partial charge is 0.352 e. The van der Waals surface area contributed by atoms with Gasteiger partial charge in [-0.3, -0.25) is 4.79 Å². The number of amides is 1. The molecule has 0 unspecified atom stereocenters. The Labute approximate surface area is 180 Å². The molecule has 1 aromatic carbocycles. The van der Waals surface area contributed by atoms with E-state index in [1.165, 1.54) is 0 Å². The summed E-state index contributed by atoms with van der Waals surface area (Å²) in [5.41, 5.74) is 3.18. The van der Waals surface area contributed by atoms with Gasteiger partial charge in [-0.15, -0.1) is 10.2 Å². The molecule has 1 amide bonds. The smallest absolute Gasteiger partial charge is 0.227 e. The van der Waals surface area contributed by atoms with Gasteiger partial charge in [0, 0.05) is 56.5 Å². The van der Waals surface area contributed by atoms with Gasteiger partial charge in [-0.1, -0.05) is 18.2 Å². The molecule has 5 rings (SSSR count). The predicted molar refractivity (Wildman–Crippen MR) is 119 cm³/mol. The van der Waals surface area contributed by atoms with Gasteiger partial charge in [0.2, 0.25) is 5.91 Å².